The molecule has 0 bridgehead atoms. The molecule has 0 radical (unpaired) electrons. The van der Waals surface area contributed by atoms with Gasteiger partial charge in [-0.05, 0) is 277 Å². The molecule has 10 aromatic rings. The Morgan fingerprint density at radius 2 is 1.01 bits per heavy atom. The highest BCUT2D eigenvalue weighted by Gasteiger charge is 2.30. The number of hydrogen-bond acceptors (Lipinski definition) is 11. The van der Waals surface area contributed by atoms with E-state index in [1.54, 1.807) is 66.7 Å². The minimum absolute atomic E-state index is 0.0327. The molecule has 0 amide bonds. The molecular formula is C72H57Br4I3O11. The summed E-state index contributed by atoms with van der Waals surface area (Å²) in [6, 6.07) is 41.6. The predicted octanol–water partition coefficient (Wildman–Crippen LogP) is 21.0. The number of carbonyl (C=O) groups is 4. The first kappa shape index (κ1) is 68.5. The molecule has 12 rings (SSSR count). The molecule has 11 nitrogen and oxygen atoms in total. The standard InChI is InChI=1S/C19H16I2O3.2C18H14Br2O3.C17H13IO2/c1-10(2)7-16-17(12-5-3-4-6-15(12)24-16)18(22)11-8-13(20)19(23)14(21)9-11;1-3-14-16(11-5-4-9(2)6-15(11)23-14)17(21)10-7-12(19)18(22)13(20)8-10;1-2-9-5-10-3-4-12(21)8-13(10)16(9)17(22)11-6-14(19)18(23)15(20)7-11;1-10-8-11-4-2-3-5-13(11)16(10)17(20)12-6-7-15(19)14(18)9-12/h3-6,8-10,23H,7H2,1-2H3;4-8,22H,3H2,1-2H3;3-4,6-8,21,23H,2,5H2,1H3;2-7,9,19H,8H2,1H3. The molecule has 90 heavy (non-hydrogen) atoms. The summed E-state index contributed by atoms with van der Waals surface area (Å²) in [6.45, 7) is 12.2. The van der Waals surface area contributed by atoms with Crippen molar-refractivity contribution in [2.75, 3.05) is 0 Å². The van der Waals surface area contributed by atoms with Gasteiger partial charge in [-0.25, -0.2) is 0 Å². The van der Waals surface area contributed by atoms with Crippen molar-refractivity contribution in [1.29, 1.82) is 0 Å². The molecule has 0 fully saturated rings. The van der Waals surface area contributed by atoms with E-state index in [9.17, 15) is 44.7 Å². The number of benzene rings is 8. The molecule has 18 heteroatoms. The van der Waals surface area contributed by atoms with Crippen molar-refractivity contribution in [1.82, 2.24) is 0 Å². The topological polar surface area (TPSA) is 196 Å². The van der Waals surface area contributed by atoms with Gasteiger partial charge in [0.05, 0.1) is 39.7 Å². The summed E-state index contributed by atoms with van der Waals surface area (Å²) in [6.07, 6.45) is 3.69. The van der Waals surface area contributed by atoms with E-state index in [4.69, 9.17) is 8.83 Å². The number of furan rings is 2. The number of carbonyl (C=O) groups excluding carboxylic acids is 4. The van der Waals surface area contributed by atoms with E-state index >= 15 is 0 Å². The smallest absolute Gasteiger partial charge is 0.197 e. The predicted molar refractivity (Wildman–Crippen MR) is 394 cm³/mol. The number of fused-ring (bicyclic) bond motifs is 4. The molecule has 2 aromatic heterocycles. The lowest BCUT2D eigenvalue weighted by molar-refractivity contribution is 0.103. The molecule has 0 saturated carbocycles. The average molecular weight is 1800 g/mol. The SMILES string of the molecule is CC(C)Cc1oc2ccccc2c1C(=O)c1cc(I)c(O)c(I)c1.CC1=C(C(=O)c2ccc(O)c(I)c2)c2ccccc2C1.CCC1=C(C(=O)c2cc(Br)c(O)c(Br)c2)c2cc(O)ccc2C1.CCc1oc2cc(C)ccc2c1C(=O)c1cc(Br)c(O)c(Br)c1. The van der Waals surface area contributed by atoms with Crippen LogP contribution in [-0.4, -0.2) is 48.7 Å². The Kier molecular flexibility index (Phi) is 22.4. The summed E-state index contributed by atoms with van der Waals surface area (Å²) < 4.78 is 15.7. The third-order valence-electron chi connectivity index (χ3n) is 15.2. The number of Topliss-reactive ketones (excluding diaryl/α,β-unsaturated/α-hetero) is 2. The van der Waals surface area contributed by atoms with Crippen molar-refractivity contribution < 1.29 is 53.5 Å². The normalized spacial score (nSPS) is 12.3. The highest BCUT2D eigenvalue weighted by atomic mass is 127. The zero-order valence-electron chi connectivity index (χ0n) is 49.2. The maximum absolute atomic E-state index is 13.2. The van der Waals surface area contributed by atoms with Crippen LogP contribution >= 0.6 is 131 Å². The number of aryl methyl sites for hydroxylation is 2. The lowest BCUT2D eigenvalue weighted by Gasteiger charge is -2.10. The van der Waals surface area contributed by atoms with Crippen LogP contribution in [0.5, 0.6) is 28.7 Å². The van der Waals surface area contributed by atoms with Crippen LogP contribution in [0.3, 0.4) is 0 Å². The average Bonchev–Trinajstić information content (AvgIpc) is 1.64. The molecule has 460 valence electrons. The third kappa shape index (κ3) is 14.8. The van der Waals surface area contributed by atoms with E-state index in [-0.39, 0.29) is 51.9 Å². The van der Waals surface area contributed by atoms with Gasteiger partial charge in [-0.1, -0.05) is 99.5 Å². The van der Waals surface area contributed by atoms with Crippen LogP contribution in [0.1, 0.15) is 133 Å². The molecule has 2 aliphatic rings. The van der Waals surface area contributed by atoms with Crippen LogP contribution in [-0.2, 0) is 25.7 Å². The summed E-state index contributed by atoms with van der Waals surface area (Å²) in [7, 11) is 0. The zero-order valence-corrected chi connectivity index (χ0v) is 62.0. The number of rotatable bonds is 12. The number of ketones is 4. The highest BCUT2D eigenvalue weighted by Crippen LogP contribution is 2.42. The van der Waals surface area contributed by atoms with Gasteiger partial charge in [-0.2, -0.15) is 0 Å². The molecule has 5 N–H and O–H groups in total. The van der Waals surface area contributed by atoms with E-state index in [2.05, 4.69) is 83.6 Å². The first-order valence-electron chi connectivity index (χ1n) is 28.4. The number of allylic oxidation sites excluding steroid dienone is 4. The number of phenolic OH excluding ortho intramolecular Hbond substituents is 5. The van der Waals surface area contributed by atoms with E-state index in [1.165, 1.54) is 5.56 Å². The summed E-state index contributed by atoms with van der Waals surface area (Å²) in [4.78, 5) is 52.0. The Morgan fingerprint density at radius 1 is 0.489 bits per heavy atom. The Balaban J connectivity index is 0.000000143. The first-order valence-corrected chi connectivity index (χ1v) is 34.8. The summed E-state index contributed by atoms with van der Waals surface area (Å²) >= 11 is 19.2. The number of halogens is 7. The maximum atomic E-state index is 13.2. The summed E-state index contributed by atoms with van der Waals surface area (Å²) in [5.74, 6) is 2.25. The van der Waals surface area contributed by atoms with Gasteiger partial charge in [0, 0.05) is 57.0 Å². The highest BCUT2D eigenvalue weighted by molar-refractivity contribution is 14.1. The lowest BCUT2D eigenvalue weighted by Crippen LogP contribution is -2.06. The first-order chi connectivity index (χ1) is 42.8. The Bertz CT molecular complexity index is 4540. The molecule has 2 heterocycles. The van der Waals surface area contributed by atoms with Crippen LogP contribution in [0, 0.1) is 23.6 Å². The molecule has 0 aliphatic heterocycles. The van der Waals surface area contributed by atoms with Gasteiger partial charge in [0.15, 0.2) is 23.1 Å². The number of phenols is 5. The van der Waals surface area contributed by atoms with Gasteiger partial charge in [-0.3, -0.25) is 19.2 Å². The van der Waals surface area contributed by atoms with E-state index in [0.29, 0.717) is 92.1 Å². The van der Waals surface area contributed by atoms with Crippen molar-refractivity contribution in [2.45, 2.75) is 73.6 Å². The van der Waals surface area contributed by atoms with Gasteiger partial charge in [-0.15, -0.1) is 0 Å². The fraction of sp³-hybridized carbons (Fsp3) is 0.167. The number of aromatic hydroxyl groups is 5. The van der Waals surface area contributed by atoms with E-state index in [0.717, 1.165) is 85.9 Å². The van der Waals surface area contributed by atoms with Gasteiger partial charge in [0.2, 0.25) is 0 Å². The Morgan fingerprint density at radius 3 is 1.61 bits per heavy atom. The number of para-hydroxylation sites is 1. The molecule has 0 atom stereocenters. The Hall–Kier alpha value is -5.89. The fourth-order valence-corrected chi connectivity index (χ4v) is 15.5. The van der Waals surface area contributed by atoms with Gasteiger partial charge < -0.3 is 34.4 Å². The summed E-state index contributed by atoms with van der Waals surface area (Å²) in [5, 5.41) is 50.6. The van der Waals surface area contributed by atoms with Crippen LogP contribution in [0.2, 0.25) is 0 Å². The van der Waals surface area contributed by atoms with Crippen molar-refractivity contribution in [3.8, 4) is 28.7 Å². The second-order valence-electron chi connectivity index (χ2n) is 21.9. The molecule has 0 saturated heterocycles. The van der Waals surface area contributed by atoms with E-state index < -0.39 is 0 Å². The van der Waals surface area contributed by atoms with Crippen molar-refractivity contribution >= 4 is 188 Å². The summed E-state index contributed by atoms with van der Waals surface area (Å²) in [5.41, 5.74) is 13.7. The minimum Gasteiger partial charge on any atom is -0.508 e. The van der Waals surface area contributed by atoms with Crippen molar-refractivity contribution in [3.63, 3.8) is 0 Å². The van der Waals surface area contributed by atoms with Gasteiger partial charge >= 0.3 is 0 Å². The van der Waals surface area contributed by atoms with Gasteiger partial charge in [0.25, 0.3) is 0 Å². The molecule has 2 aliphatic carbocycles. The largest absolute Gasteiger partial charge is 0.508 e. The lowest BCUT2D eigenvalue weighted by atomic mass is 9.95. The minimum atomic E-state index is -0.120. The van der Waals surface area contributed by atoms with Crippen molar-refractivity contribution in [3.05, 3.63) is 252 Å². The second-order valence-corrected chi connectivity index (χ2v) is 28.8. The third-order valence-corrected chi connectivity index (χ3v) is 20.1. The fourth-order valence-electron chi connectivity index (χ4n) is 10.8. The Labute approximate surface area is 595 Å². The molecule has 0 unspecified atom stereocenters. The quantitative estimate of drug-likeness (QED) is 0.0577. The molecule has 0 spiro atoms. The second kappa shape index (κ2) is 29.4. The molecule has 8 aromatic carbocycles. The molecular weight excluding hydrogens is 1740 g/mol. The van der Waals surface area contributed by atoms with Crippen LogP contribution < -0.4 is 0 Å². The van der Waals surface area contributed by atoms with Crippen LogP contribution in [0.15, 0.2) is 177 Å². The van der Waals surface area contributed by atoms with E-state index in [1.807, 2.05) is 162 Å². The monoisotopic (exact) mass is 1790 g/mol. The maximum Gasteiger partial charge on any atom is 0.197 e. The number of hydrogen-bond donors (Lipinski definition) is 5. The van der Waals surface area contributed by atoms with Crippen molar-refractivity contribution in [2.24, 2.45) is 5.92 Å². The van der Waals surface area contributed by atoms with Crippen LogP contribution in [0.25, 0.3) is 33.1 Å². The zero-order chi connectivity index (χ0) is 65.2. The van der Waals surface area contributed by atoms with Crippen LogP contribution in [0.4, 0.5) is 0 Å². The van der Waals surface area contributed by atoms with Gasteiger partial charge in [0.1, 0.15) is 51.4 Å².